The minimum Gasteiger partial charge on any atom is -0.463 e. The van der Waals surface area contributed by atoms with E-state index in [9.17, 15) is 0 Å². The number of ether oxygens (including phenoxy) is 1. The summed E-state index contributed by atoms with van der Waals surface area (Å²) in [5, 5.41) is 3.35. The van der Waals surface area contributed by atoms with E-state index in [1.165, 1.54) is 4.88 Å². The summed E-state index contributed by atoms with van der Waals surface area (Å²) in [7, 11) is 0. The number of hydrogen-bond donors (Lipinski definition) is 1. The largest absolute Gasteiger partial charge is 0.463 e. The quantitative estimate of drug-likeness (QED) is 0.760. The van der Waals surface area contributed by atoms with Crippen molar-refractivity contribution in [1.29, 1.82) is 0 Å². The second-order valence-corrected chi connectivity index (χ2v) is 5.84. The van der Waals surface area contributed by atoms with Crippen molar-refractivity contribution in [3.05, 3.63) is 33.5 Å². The summed E-state index contributed by atoms with van der Waals surface area (Å²) in [6, 6.07) is 0.453. The van der Waals surface area contributed by atoms with Gasteiger partial charge in [-0.2, -0.15) is 0 Å². The highest BCUT2D eigenvalue weighted by atomic mass is 32.1. The Morgan fingerprint density at radius 1 is 1.24 bits per heavy atom. The van der Waals surface area contributed by atoms with Crippen LogP contribution in [0.1, 0.15) is 35.2 Å². The Bertz CT molecular complexity index is 571. The predicted octanol–water partition coefficient (Wildman–Crippen LogP) is 2.67. The van der Waals surface area contributed by atoms with Crippen molar-refractivity contribution in [2.24, 2.45) is 0 Å². The van der Waals surface area contributed by atoms with Gasteiger partial charge in [0.25, 0.3) is 0 Å². The second-order valence-electron chi connectivity index (χ2n) is 4.90. The molecule has 1 N–H and O–H groups in total. The topological polar surface area (TPSA) is 59.9 Å². The van der Waals surface area contributed by atoms with Gasteiger partial charge in [0.1, 0.15) is 0 Å². The summed E-state index contributed by atoms with van der Waals surface area (Å²) in [4.78, 5) is 14.2. The number of hydrogen-bond acceptors (Lipinski definition) is 6. The van der Waals surface area contributed by atoms with Crippen LogP contribution in [0.2, 0.25) is 0 Å². The molecule has 5 nitrogen and oxygen atoms in total. The number of thiazole rings is 1. The minimum absolute atomic E-state index is 0.453. The summed E-state index contributed by atoms with van der Waals surface area (Å²) < 4.78 is 5.63. The van der Waals surface area contributed by atoms with Crippen LogP contribution >= 0.6 is 11.3 Å². The molecule has 0 aliphatic rings. The Morgan fingerprint density at radius 3 is 2.76 bits per heavy atom. The van der Waals surface area contributed by atoms with E-state index in [-0.39, 0.29) is 0 Å². The Morgan fingerprint density at radius 2 is 2.10 bits per heavy atom. The van der Waals surface area contributed by atoms with Gasteiger partial charge in [0, 0.05) is 35.3 Å². The van der Waals surface area contributed by atoms with Crippen LogP contribution in [-0.4, -0.2) is 28.1 Å². The molecule has 0 radical (unpaired) electrons. The number of rotatable bonds is 8. The monoisotopic (exact) mass is 306 g/mol. The molecule has 114 valence electrons. The Kier molecular flexibility index (Phi) is 6.07. The Balaban J connectivity index is 1.84. The zero-order valence-electron chi connectivity index (χ0n) is 12.8. The average Bonchev–Trinajstić information content (AvgIpc) is 2.87. The van der Waals surface area contributed by atoms with Crippen molar-refractivity contribution in [3.8, 4) is 6.01 Å². The lowest BCUT2D eigenvalue weighted by molar-refractivity contribution is 0.295. The van der Waals surface area contributed by atoms with E-state index in [1.807, 2.05) is 25.6 Å². The van der Waals surface area contributed by atoms with Crippen molar-refractivity contribution in [3.63, 3.8) is 0 Å². The molecule has 0 aliphatic heterocycles. The van der Waals surface area contributed by atoms with Gasteiger partial charge in [-0.1, -0.05) is 6.92 Å². The first kappa shape index (κ1) is 15.9. The van der Waals surface area contributed by atoms with E-state index >= 15 is 0 Å². The summed E-state index contributed by atoms with van der Waals surface area (Å²) in [6.07, 6.45) is 3.81. The molecule has 0 aliphatic carbocycles. The van der Waals surface area contributed by atoms with Crippen molar-refractivity contribution in [1.82, 2.24) is 20.3 Å². The highest BCUT2D eigenvalue weighted by molar-refractivity contribution is 7.09. The molecule has 0 aromatic carbocycles. The molecule has 0 fully saturated rings. The average molecular weight is 306 g/mol. The molecular formula is C15H22N4OS. The first-order valence-corrected chi connectivity index (χ1v) is 8.13. The first-order chi connectivity index (χ1) is 10.2. The highest BCUT2D eigenvalue weighted by Gasteiger charge is 2.06. The molecule has 0 saturated carbocycles. The molecule has 0 bridgehead atoms. The van der Waals surface area contributed by atoms with Gasteiger partial charge in [-0.3, -0.25) is 0 Å². The number of nitrogens with zero attached hydrogens (tertiary/aromatic N) is 3. The van der Waals surface area contributed by atoms with Crippen LogP contribution < -0.4 is 10.1 Å². The second kappa shape index (κ2) is 8.05. The van der Waals surface area contributed by atoms with E-state index in [0.29, 0.717) is 12.6 Å². The predicted molar refractivity (Wildman–Crippen MR) is 84.8 cm³/mol. The SMILES string of the molecule is CCCNCc1cnc(OCCc2scnc2C)nc1C. The summed E-state index contributed by atoms with van der Waals surface area (Å²) in [5.74, 6) is 0. The summed E-state index contributed by atoms with van der Waals surface area (Å²) in [5.41, 5.74) is 5.04. The summed E-state index contributed by atoms with van der Waals surface area (Å²) >= 11 is 1.66. The molecule has 0 amide bonds. The standard InChI is InChI=1S/C15H22N4OS/c1-4-6-16-8-13-9-17-15(19-11(13)2)20-7-5-14-12(3)18-10-21-14/h9-10,16H,4-8H2,1-3H3. The lowest BCUT2D eigenvalue weighted by atomic mass is 10.2. The molecule has 0 unspecified atom stereocenters. The number of nitrogens with one attached hydrogen (secondary N) is 1. The van der Waals surface area contributed by atoms with Crippen LogP contribution in [0.15, 0.2) is 11.7 Å². The van der Waals surface area contributed by atoms with E-state index in [2.05, 4.69) is 27.2 Å². The van der Waals surface area contributed by atoms with Gasteiger partial charge in [-0.25, -0.2) is 15.0 Å². The molecule has 2 aromatic heterocycles. The molecule has 2 aromatic rings. The molecule has 0 atom stereocenters. The van der Waals surface area contributed by atoms with E-state index in [1.54, 1.807) is 11.3 Å². The van der Waals surface area contributed by atoms with Gasteiger partial charge in [-0.05, 0) is 26.8 Å². The lowest BCUT2D eigenvalue weighted by Gasteiger charge is -2.08. The Labute approximate surface area is 129 Å². The van der Waals surface area contributed by atoms with Crippen molar-refractivity contribution < 1.29 is 4.74 Å². The molecule has 0 spiro atoms. The Hall–Kier alpha value is -1.53. The third-order valence-corrected chi connectivity index (χ3v) is 4.20. The van der Waals surface area contributed by atoms with Gasteiger partial charge in [-0.15, -0.1) is 11.3 Å². The zero-order chi connectivity index (χ0) is 15.1. The molecule has 21 heavy (non-hydrogen) atoms. The van der Waals surface area contributed by atoms with Crippen molar-refractivity contribution in [2.75, 3.05) is 13.2 Å². The molecule has 2 rings (SSSR count). The normalized spacial score (nSPS) is 10.8. The molecule has 0 saturated heterocycles. The maximum atomic E-state index is 5.63. The van der Waals surface area contributed by atoms with Gasteiger partial charge in [0.2, 0.25) is 0 Å². The van der Waals surface area contributed by atoms with E-state index in [0.717, 1.165) is 42.9 Å². The van der Waals surface area contributed by atoms with Gasteiger partial charge in [0.05, 0.1) is 17.8 Å². The van der Waals surface area contributed by atoms with E-state index < -0.39 is 0 Å². The molecule has 2 heterocycles. The van der Waals surface area contributed by atoms with Crippen molar-refractivity contribution in [2.45, 2.75) is 40.2 Å². The van der Waals surface area contributed by atoms with Crippen LogP contribution in [0.4, 0.5) is 0 Å². The number of aryl methyl sites for hydroxylation is 2. The third-order valence-electron chi connectivity index (χ3n) is 3.21. The van der Waals surface area contributed by atoms with Crippen LogP contribution in [0, 0.1) is 13.8 Å². The maximum absolute atomic E-state index is 5.63. The molecule has 6 heteroatoms. The van der Waals surface area contributed by atoms with Crippen LogP contribution in [0.3, 0.4) is 0 Å². The van der Waals surface area contributed by atoms with E-state index in [4.69, 9.17) is 4.74 Å². The maximum Gasteiger partial charge on any atom is 0.316 e. The van der Waals surface area contributed by atoms with Gasteiger partial charge in [0.15, 0.2) is 0 Å². The minimum atomic E-state index is 0.453. The number of aromatic nitrogens is 3. The fraction of sp³-hybridized carbons (Fsp3) is 0.533. The summed E-state index contributed by atoms with van der Waals surface area (Å²) in [6.45, 7) is 8.55. The zero-order valence-corrected chi connectivity index (χ0v) is 13.7. The van der Waals surface area contributed by atoms with Gasteiger partial charge >= 0.3 is 6.01 Å². The van der Waals surface area contributed by atoms with Crippen LogP contribution in [-0.2, 0) is 13.0 Å². The first-order valence-electron chi connectivity index (χ1n) is 7.25. The highest BCUT2D eigenvalue weighted by Crippen LogP contribution is 2.14. The lowest BCUT2D eigenvalue weighted by Crippen LogP contribution is -2.15. The van der Waals surface area contributed by atoms with Crippen LogP contribution in [0.25, 0.3) is 0 Å². The third kappa shape index (κ3) is 4.75. The van der Waals surface area contributed by atoms with Gasteiger partial charge < -0.3 is 10.1 Å². The smallest absolute Gasteiger partial charge is 0.316 e. The van der Waals surface area contributed by atoms with Crippen molar-refractivity contribution >= 4 is 11.3 Å². The fourth-order valence-corrected chi connectivity index (χ4v) is 2.68. The van der Waals surface area contributed by atoms with Crippen LogP contribution in [0.5, 0.6) is 6.01 Å². The molecular weight excluding hydrogens is 284 g/mol. The fourth-order valence-electron chi connectivity index (χ4n) is 1.91.